The van der Waals surface area contributed by atoms with Gasteiger partial charge in [0.15, 0.2) is 25.2 Å². The van der Waals surface area contributed by atoms with Crippen molar-refractivity contribution in [2.45, 2.75) is 16.2 Å². The fraction of sp³-hybridized carbons (Fsp3) is 0.250. The molecule has 3 aromatic rings. The molecule has 0 bridgehead atoms. The van der Waals surface area contributed by atoms with Gasteiger partial charge in [-0.1, -0.05) is 24.3 Å². The van der Waals surface area contributed by atoms with Gasteiger partial charge in [-0.15, -0.1) is 11.8 Å². The van der Waals surface area contributed by atoms with Crippen LogP contribution in [0.25, 0.3) is 0 Å². The molecule has 0 spiro atoms. The number of benzene rings is 3. The van der Waals surface area contributed by atoms with Gasteiger partial charge in [-0.3, -0.25) is 0 Å². The normalized spacial score (nSPS) is 17.3. The van der Waals surface area contributed by atoms with E-state index in [0.717, 1.165) is 11.1 Å². The van der Waals surface area contributed by atoms with Crippen LogP contribution in [0.2, 0.25) is 0 Å². The molecule has 1 N–H and O–H groups in total. The van der Waals surface area contributed by atoms with Crippen LogP contribution in [0.4, 0.5) is 4.39 Å². The number of hydrogen-bond donors (Lipinski definition) is 1. The molecule has 0 aromatic heterocycles. The Morgan fingerprint density at radius 3 is 2.22 bits per heavy atom. The fourth-order valence-corrected chi connectivity index (χ4v) is 4.69. The van der Waals surface area contributed by atoms with E-state index in [1.165, 1.54) is 24.9 Å². The molecule has 32 heavy (non-hydrogen) atoms. The Morgan fingerprint density at radius 1 is 0.875 bits per heavy atom. The van der Waals surface area contributed by atoms with E-state index in [0.29, 0.717) is 16.4 Å². The summed E-state index contributed by atoms with van der Waals surface area (Å²) in [7, 11) is 3.04. The predicted octanol–water partition coefficient (Wildman–Crippen LogP) is 5.46. The van der Waals surface area contributed by atoms with Crippen LogP contribution >= 0.6 is 11.8 Å². The van der Waals surface area contributed by atoms with Gasteiger partial charge in [0.1, 0.15) is 23.4 Å². The first-order valence-electron chi connectivity index (χ1n) is 9.89. The number of halogens is 1. The molecule has 0 unspecified atom stereocenters. The third kappa shape index (κ3) is 4.77. The number of fused-ring (bicyclic) bond motifs is 1. The van der Waals surface area contributed by atoms with Crippen LogP contribution in [0.1, 0.15) is 22.5 Å². The van der Waals surface area contributed by atoms with E-state index < -0.39 is 11.9 Å². The summed E-state index contributed by atoms with van der Waals surface area (Å²) < 4.78 is 42.1. The summed E-state index contributed by atoms with van der Waals surface area (Å²) in [6.07, 6.45) is -0.399. The van der Waals surface area contributed by atoms with Crippen LogP contribution in [-0.2, 0) is 9.47 Å². The molecule has 0 saturated heterocycles. The van der Waals surface area contributed by atoms with Gasteiger partial charge in [-0.05, 0) is 47.5 Å². The van der Waals surface area contributed by atoms with Gasteiger partial charge < -0.3 is 28.8 Å². The Balaban J connectivity index is 1.70. The van der Waals surface area contributed by atoms with Crippen molar-refractivity contribution in [1.29, 1.82) is 0 Å². The first-order chi connectivity index (χ1) is 15.6. The highest BCUT2D eigenvalue weighted by Crippen LogP contribution is 2.55. The second-order valence-corrected chi connectivity index (χ2v) is 8.20. The molecule has 1 aliphatic rings. The average Bonchev–Trinajstić information content (AvgIpc) is 2.82. The molecule has 6 nitrogen and oxygen atoms in total. The van der Waals surface area contributed by atoms with Crippen molar-refractivity contribution < 1.29 is 33.2 Å². The Labute approximate surface area is 189 Å². The van der Waals surface area contributed by atoms with Gasteiger partial charge >= 0.3 is 0 Å². The summed E-state index contributed by atoms with van der Waals surface area (Å²) in [5, 5.41) is 9.44. The largest absolute Gasteiger partial charge is 0.508 e. The minimum atomic E-state index is -0.487. The summed E-state index contributed by atoms with van der Waals surface area (Å²) in [6, 6.07) is 17.6. The van der Waals surface area contributed by atoms with Crippen LogP contribution in [-0.4, -0.2) is 32.9 Å². The number of aromatic hydroxyl groups is 1. The molecule has 3 aromatic carbocycles. The monoisotopic (exact) mass is 458 g/mol. The lowest BCUT2D eigenvalue weighted by Gasteiger charge is -2.34. The molecule has 2 atom stereocenters. The summed E-state index contributed by atoms with van der Waals surface area (Å²) in [5.74, 6) is 0.886. The molecule has 1 heterocycles. The van der Waals surface area contributed by atoms with Gasteiger partial charge in [0.25, 0.3) is 0 Å². The molecule has 0 saturated carbocycles. The standard InChI is InChI=1S/C24H23FO6S/c1-27-13-29-18-9-5-16(6-10-18)23-22(15-3-7-17(26)8-4-15)31-20-12-11-19(30-14-28-2)21(25)24(20)32-23/h3-12,22-23,26H,13-14H2,1-2H3/t22-,23+/m1/s1. The molecule has 8 heteroatoms. The Bertz CT molecular complexity index is 1040. The van der Waals surface area contributed by atoms with E-state index in [1.54, 1.807) is 37.4 Å². The van der Waals surface area contributed by atoms with Crippen LogP contribution in [0.3, 0.4) is 0 Å². The van der Waals surface area contributed by atoms with Crippen molar-refractivity contribution in [3.8, 4) is 23.0 Å². The Hall–Kier alpha value is -2.94. The zero-order valence-corrected chi connectivity index (χ0v) is 18.4. The van der Waals surface area contributed by atoms with E-state index in [1.807, 2.05) is 24.3 Å². The van der Waals surface area contributed by atoms with Crippen LogP contribution in [0, 0.1) is 5.82 Å². The summed E-state index contributed by atoms with van der Waals surface area (Å²) in [6.45, 7) is 0.101. The number of phenolic OH excluding ortho intramolecular Hbond substituents is 1. The lowest BCUT2D eigenvalue weighted by molar-refractivity contribution is 0.0476. The first kappa shape index (κ1) is 22.3. The number of thioether (sulfide) groups is 1. The van der Waals surface area contributed by atoms with E-state index in [9.17, 15) is 5.11 Å². The number of rotatable bonds is 8. The van der Waals surface area contributed by atoms with Gasteiger partial charge in [0.2, 0.25) is 0 Å². The van der Waals surface area contributed by atoms with Crippen LogP contribution in [0.15, 0.2) is 65.6 Å². The topological polar surface area (TPSA) is 66.4 Å². The van der Waals surface area contributed by atoms with E-state index >= 15 is 4.39 Å². The molecule has 0 aliphatic carbocycles. The average molecular weight is 459 g/mol. The SMILES string of the molecule is COCOc1ccc([C@@H]2Sc3c(ccc(OCOC)c3F)O[C@@H]2c2ccc(O)cc2)cc1. The minimum absolute atomic E-state index is 0.0519. The highest BCUT2D eigenvalue weighted by Gasteiger charge is 2.36. The van der Waals surface area contributed by atoms with Crippen molar-refractivity contribution in [3.05, 3.63) is 77.6 Å². The molecule has 1 aliphatic heterocycles. The highest BCUT2D eigenvalue weighted by molar-refractivity contribution is 7.99. The van der Waals surface area contributed by atoms with Crippen molar-refractivity contribution in [3.63, 3.8) is 0 Å². The summed E-state index contributed by atoms with van der Waals surface area (Å²) >= 11 is 1.37. The molecular formula is C24H23FO6S. The smallest absolute Gasteiger partial charge is 0.188 e. The van der Waals surface area contributed by atoms with Gasteiger partial charge in [-0.25, -0.2) is 4.39 Å². The summed E-state index contributed by atoms with van der Waals surface area (Å²) in [4.78, 5) is 0.373. The van der Waals surface area contributed by atoms with Crippen molar-refractivity contribution in [1.82, 2.24) is 0 Å². The maximum absolute atomic E-state index is 15.2. The van der Waals surface area contributed by atoms with E-state index in [2.05, 4.69) is 0 Å². The van der Waals surface area contributed by atoms with Gasteiger partial charge in [0.05, 0.1) is 10.1 Å². The number of ether oxygens (including phenoxy) is 5. The maximum atomic E-state index is 15.2. The third-order valence-corrected chi connectivity index (χ3v) is 6.29. The lowest BCUT2D eigenvalue weighted by atomic mass is 10.00. The first-order valence-corrected chi connectivity index (χ1v) is 10.8. The van der Waals surface area contributed by atoms with Gasteiger partial charge in [0, 0.05) is 14.2 Å². The molecule has 0 fully saturated rings. The molecular weight excluding hydrogens is 435 g/mol. The van der Waals surface area contributed by atoms with E-state index in [4.69, 9.17) is 23.7 Å². The number of methoxy groups -OCH3 is 2. The van der Waals surface area contributed by atoms with Crippen LogP contribution < -0.4 is 14.2 Å². The fourth-order valence-electron chi connectivity index (χ4n) is 3.37. The highest BCUT2D eigenvalue weighted by atomic mass is 32.2. The minimum Gasteiger partial charge on any atom is -0.508 e. The quantitative estimate of drug-likeness (QED) is 0.450. The number of hydrogen-bond acceptors (Lipinski definition) is 7. The summed E-state index contributed by atoms with van der Waals surface area (Å²) in [5.41, 5.74) is 1.80. The lowest BCUT2D eigenvalue weighted by Crippen LogP contribution is -2.20. The van der Waals surface area contributed by atoms with Crippen molar-refractivity contribution in [2.75, 3.05) is 27.8 Å². The van der Waals surface area contributed by atoms with Crippen molar-refractivity contribution >= 4 is 11.8 Å². The van der Waals surface area contributed by atoms with Crippen LogP contribution in [0.5, 0.6) is 23.0 Å². The zero-order valence-electron chi connectivity index (χ0n) is 17.6. The zero-order chi connectivity index (χ0) is 22.5. The second kappa shape index (κ2) is 10.1. The Morgan fingerprint density at radius 2 is 1.53 bits per heavy atom. The van der Waals surface area contributed by atoms with Crippen molar-refractivity contribution in [2.24, 2.45) is 0 Å². The van der Waals surface area contributed by atoms with Gasteiger partial charge in [-0.2, -0.15) is 0 Å². The molecule has 0 amide bonds. The maximum Gasteiger partial charge on any atom is 0.188 e. The molecule has 0 radical (unpaired) electrons. The second-order valence-electron chi connectivity index (χ2n) is 7.04. The predicted molar refractivity (Wildman–Crippen MR) is 118 cm³/mol. The molecule has 4 rings (SSSR count). The Kier molecular flexibility index (Phi) is 7.04. The number of phenols is 1. The third-order valence-electron chi connectivity index (χ3n) is 4.91. The van der Waals surface area contributed by atoms with E-state index in [-0.39, 0.29) is 30.3 Å². The molecule has 168 valence electrons.